The van der Waals surface area contributed by atoms with Gasteiger partial charge < -0.3 is 97.9 Å². The van der Waals surface area contributed by atoms with Crippen molar-refractivity contribution in [3.8, 4) is 0 Å². The number of hydrogen-bond donors (Lipinski definition) is 5. The molecule has 7 N–H and O–H groups in total. The quantitative estimate of drug-likeness (QED) is 0.0138. The van der Waals surface area contributed by atoms with Gasteiger partial charge in [-0.2, -0.15) is 0 Å². The number of anilines is 4. The van der Waals surface area contributed by atoms with E-state index in [1.54, 1.807) is 0 Å². The number of H-pyrrole nitrogens is 2. The molecule has 2 aliphatic rings. The van der Waals surface area contributed by atoms with Crippen LogP contribution in [0.25, 0.3) is 43.6 Å². The van der Waals surface area contributed by atoms with E-state index in [0.29, 0.717) is 152 Å². The van der Waals surface area contributed by atoms with Crippen LogP contribution in [0.4, 0.5) is 22.7 Å². The molecule has 98 heavy (non-hydrogen) atoms. The Kier molecular flexibility index (Phi) is 36.9. The molecule has 4 aromatic carbocycles. The minimum absolute atomic E-state index is 0.00362. The third-order valence-corrected chi connectivity index (χ3v) is 16.5. The topological polar surface area (TPSA) is 297 Å². The molecule has 0 bridgehead atoms. The van der Waals surface area contributed by atoms with Crippen LogP contribution in [0.2, 0.25) is 0 Å². The van der Waals surface area contributed by atoms with Gasteiger partial charge in [0.1, 0.15) is 17.2 Å². The summed E-state index contributed by atoms with van der Waals surface area (Å²) in [6.45, 7) is 31.4. The molecule has 0 radical (unpaired) electrons. The summed E-state index contributed by atoms with van der Waals surface area (Å²) in [6, 6.07) is 17.4. The highest BCUT2D eigenvalue weighted by molar-refractivity contribution is 6.11. The van der Waals surface area contributed by atoms with Crippen molar-refractivity contribution in [3.05, 3.63) is 60.2 Å². The number of imidazole rings is 2. The van der Waals surface area contributed by atoms with Crippen LogP contribution >= 0.6 is 0 Å². The van der Waals surface area contributed by atoms with Crippen LogP contribution in [0.3, 0.4) is 0 Å². The second kappa shape index (κ2) is 45.6. The van der Waals surface area contributed by atoms with Crippen molar-refractivity contribution in [1.29, 1.82) is 0 Å². The molecule has 2 fully saturated rings. The maximum absolute atomic E-state index is 11.6. The zero-order chi connectivity index (χ0) is 69.4. The van der Waals surface area contributed by atoms with Gasteiger partial charge in [0.2, 0.25) is 0 Å². The van der Waals surface area contributed by atoms with E-state index in [0.717, 1.165) is 171 Å². The van der Waals surface area contributed by atoms with Gasteiger partial charge >= 0.3 is 11.9 Å². The number of carbonyl (C=O) groups is 2. The molecular formula is C72H114N10O16. The van der Waals surface area contributed by atoms with Crippen LogP contribution in [0, 0.1) is 0 Å². The molecule has 548 valence electrons. The number of nitrogens with zero attached hydrogens (tertiary/aromatic N) is 6. The van der Waals surface area contributed by atoms with Gasteiger partial charge in [-0.3, -0.25) is 19.4 Å². The zero-order valence-corrected chi connectivity index (χ0v) is 59.2. The van der Waals surface area contributed by atoms with Crippen LogP contribution in [0.15, 0.2) is 48.5 Å². The Bertz CT molecular complexity index is 3190. The molecule has 2 aliphatic heterocycles. The SMILES string of the molecule is CCCCc1nc2c([nH]1)c(N)cc1ccc(N3CCN(CCOCCOCCOCCOCCOCCOCCC(=O)O)CC3)cc12.CCCCc1nc2c([nH]1)c(N)cc1ccc(N3CCN(CCOCCOCCOCCOCCOCCOCCC(=O)OC(C)(C)C)CC3)cc12. The molecule has 0 spiro atoms. The lowest BCUT2D eigenvalue weighted by Gasteiger charge is -2.36. The van der Waals surface area contributed by atoms with Crippen molar-refractivity contribution in [1.82, 2.24) is 29.7 Å². The lowest BCUT2D eigenvalue weighted by atomic mass is 10.1. The Morgan fingerprint density at radius 3 is 1.08 bits per heavy atom. The normalized spacial score (nSPS) is 14.2. The molecule has 0 amide bonds. The van der Waals surface area contributed by atoms with E-state index < -0.39 is 11.6 Å². The standard InChI is InChI=1S/C38H61N5O8.C34H53N5O8/c1-5-6-7-34-40-36-32-29-31(9-8-30(32)28-33(39)37(36)41-34)43-13-11-42(12-14-43)15-17-46-19-21-48-23-25-50-27-26-49-24-22-47-20-18-45-16-10-35(44)51-38(2,3)4;1-2-3-4-31-36-33-29-26-28(6-5-27(29)25-30(35)34(33)37-31)39-10-8-38(9-11-39)12-14-43-16-18-45-20-22-47-24-23-46-21-19-44-17-15-42-13-7-32(40)41/h8-9,28-29H,5-7,10-27,39H2,1-4H3,(H,40,41);5-6,25-26H,2-4,7-24,35H2,1H3,(H,36,37)(H,40,41). The van der Waals surface area contributed by atoms with E-state index in [4.69, 9.17) is 88.1 Å². The van der Waals surface area contributed by atoms with Crippen LogP contribution in [-0.2, 0) is 84.0 Å². The number of carboxylic acids is 1. The summed E-state index contributed by atoms with van der Waals surface area (Å²) in [5, 5.41) is 13.1. The Balaban J connectivity index is 0.000000277. The highest BCUT2D eigenvalue weighted by Crippen LogP contribution is 2.34. The number of nitrogen functional groups attached to an aromatic ring is 2. The average Bonchev–Trinajstić information content (AvgIpc) is 1.54. The number of piperazine rings is 2. The van der Waals surface area contributed by atoms with Crippen LogP contribution < -0.4 is 21.3 Å². The Morgan fingerprint density at radius 2 is 0.765 bits per heavy atom. The van der Waals surface area contributed by atoms with Gasteiger partial charge in [0.15, 0.2) is 0 Å². The van der Waals surface area contributed by atoms with Crippen LogP contribution in [0.5, 0.6) is 0 Å². The number of fused-ring (bicyclic) bond motifs is 6. The number of benzene rings is 4. The summed E-state index contributed by atoms with van der Waals surface area (Å²) < 4.78 is 71.4. The smallest absolute Gasteiger partial charge is 0.308 e. The number of carboxylic acid groups (broad SMARTS) is 1. The summed E-state index contributed by atoms with van der Waals surface area (Å²) in [5.74, 6) is 0.898. The summed E-state index contributed by atoms with van der Waals surface area (Å²) in [5.41, 5.74) is 20.1. The first kappa shape index (κ1) is 79.2. The number of nitrogens with one attached hydrogen (secondary N) is 2. The number of hydrogen-bond acceptors (Lipinski definition) is 23. The van der Waals surface area contributed by atoms with Crippen LogP contribution in [0.1, 0.15) is 84.8 Å². The second-order valence-corrected chi connectivity index (χ2v) is 25.2. The lowest BCUT2D eigenvalue weighted by molar-refractivity contribution is -0.156. The zero-order valence-electron chi connectivity index (χ0n) is 59.2. The van der Waals surface area contributed by atoms with Crippen molar-refractivity contribution in [2.75, 3.05) is 245 Å². The van der Waals surface area contributed by atoms with E-state index in [1.165, 1.54) is 11.4 Å². The molecule has 0 atom stereocenters. The Morgan fingerprint density at radius 1 is 0.449 bits per heavy atom. The molecule has 2 aromatic heterocycles. The van der Waals surface area contributed by atoms with E-state index >= 15 is 0 Å². The summed E-state index contributed by atoms with van der Waals surface area (Å²) in [6.07, 6.45) is 6.61. The third kappa shape index (κ3) is 29.6. The third-order valence-electron chi connectivity index (χ3n) is 16.5. The van der Waals surface area contributed by atoms with Gasteiger partial charge in [-0.1, -0.05) is 38.8 Å². The largest absolute Gasteiger partial charge is 0.481 e. The molecule has 8 rings (SSSR count). The van der Waals surface area contributed by atoms with Crippen molar-refractivity contribution in [3.63, 3.8) is 0 Å². The molecule has 26 heteroatoms. The molecule has 6 aromatic rings. The Labute approximate surface area is 579 Å². The fraction of sp³-hybridized carbons (Fsp3) is 0.667. The molecule has 26 nitrogen and oxygen atoms in total. The van der Waals surface area contributed by atoms with E-state index in [1.807, 2.05) is 26.8 Å². The van der Waals surface area contributed by atoms with Crippen molar-refractivity contribution < 1.29 is 76.3 Å². The predicted octanol–water partition coefficient (Wildman–Crippen LogP) is 7.93. The predicted molar refractivity (Wildman–Crippen MR) is 383 cm³/mol. The monoisotopic (exact) mass is 1370 g/mol. The van der Waals surface area contributed by atoms with Gasteiger partial charge in [-0.25, -0.2) is 9.97 Å². The summed E-state index contributed by atoms with van der Waals surface area (Å²) >= 11 is 0. The van der Waals surface area contributed by atoms with Gasteiger partial charge in [-0.05, 0) is 80.8 Å². The van der Waals surface area contributed by atoms with Crippen molar-refractivity contribution in [2.45, 2.75) is 91.6 Å². The number of carbonyl (C=O) groups excluding carboxylic acids is 1. The van der Waals surface area contributed by atoms with Crippen LogP contribution in [-0.4, -0.2) is 276 Å². The number of aryl methyl sites for hydroxylation is 2. The highest BCUT2D eigenvalue weighted by Gasteiger charge is 2.22. The molecule has 0 saturated carbocycles. The van der Waals surface area contributed by atoms with Crippen molar-refractivity contribution in [2.24, 2.45) is 0 Å². The molecule has 2 saturated heterocycles. The number of aromatic nitrogens is 4. The Hall–Kier alpha value is -6.08. The fourth-order valence-corrected chi connectivity index (χ4v) is 11.2. The molecule has 0 aliphatic carbocycles. The fourth-order valence-electron chi connectivity index (χ4n) is 11.2. The first-order valence-corrected chi connectivity index (χ1v) is 35.5. The highest BCUT2D eigenvalue weighted by atomic mass is 16.6. The number of rotatable bonds is 50. The van der Waals surface area contributed by atoms with Crippen molar-refractivity contribution >= 4 is 78.3 Å². The van der Waals surface area contributed by atoms with E-state index in [-0.39, 0.29) is 25.4 Å². The molecule has 4 heterocycles. The lowest BCUT2D eigenvalue weighted by Crippen LogP contribution is -2.47. The minimum atomic E-state index is -0.867. The van der Waals surface area contributed by atoms with Gasteiger partial charge in [-0.15, -0.1) is 0 Å². The molecule has 0 unspecified atom stereocenters. The number of aliphatic carboxylic acids is 1. The maximum Gasteiger partial charge on any atom is 0.308 e. The number of esters is 1. The number of unbranched alkanes of at least 4 members (excludes halogenated alkanes) is 2. The van der Waals surface area contributed by atoms with Gasteiger partial charge in [0.05, 0.1) is 205 Å². The summed E-state index contributed by atoms with van der Waals surface area (Å²) in [4.78, 5) is 48.6. The number of ether oxygens (including phenoxy) is 13. The minimum Gasteiger partial charge on any atom is -0.481 e. The second-order valence-electron chi connectivity index (χ2n) is 25.2. The van der Waals surface area contributed by atoms with Gasteiger partial charge in [0, 0.05) is 100 Å². The number of nitrogens with two attached hydrogens (primary N) is 2. The van der Waals surface area contributed by atoms with E-state index in [2.05, 4.69) is 85.9 Å². The van der Waals surface area contributed by atoms with E-state index in [9.17, 15) is 9.59 Å². The summed E-state index contributed by atoms with van der Waals surface area (Å²) in [7, 11) is 0. The first-order chi connectivity index (χ1) is 47.8. The first-order valence-electron chi connectivity index (χ1n) is 35.5. The van der Waals surface area contributed by atoms with Gasteiger partial charge in [0.25, 0.3) is 0 Å². The number of aromatic amines is 2. The average molecular weight is 1380 g/mol. The molecular weight excluding hydrogens is 1260 g/mol. The maximum atomic E-state index is 11.6.